The molecule has 5 aromatic rings. The third kappa shape index (κ3) is 3.83. The Balaban J connectivity index is 1.60. The lowest BCUT2D eigenvalue weighted by molar-refractivity contribution is -0.118. The summed E-state index contributed by atoms with van der Waals surface area (Å²) in [5.41, 5.74) is 2.81. The molecular weight excluding hydrogens is 427 g/mol. The van der Waals surface area contributed by atoms with Crippen LogP contribution in [-0.2, 0) is 4.79 Å². The second-order valence-electron chi connectivity index (χ2n) is 7.18. The van der Waals surface area contributed by atoms with Crippen LogP contribution in [0.25, 0.3) is 22.0 Å². The Morgan fingerprint density at radius 2 is 1.91 bits per heavy atom. The molecular formula is C24H17FN4O2S. The van der Waals surface area contributed by atoms with Crippen molar-refractivity contribution in [3.05, 3.63) is 95.9 Å². The number of amides is 1. The van der Waals surface area contributed by atoms with Gasteiger partial charge in [0.2, 0.25) is 0 Å². The number of hydrogen-bond acceptors (Lipinski definition) is 5. The predicted octanol–water partition coefficient (Wildman–Crippen LogP) is 5.23. The van der Waals surface area contributed by atoms with Crippen LogP contribution in [0, 0.1) is 5.82 Å². The Kier molecular flexibility index (Phi) is 5.12. The minimum absolute atomic E-state index is 0.107. The zero-order valence-corrected chi connectivity index (χ0v) is 17.5. The van der Waals surface area contributed by atoms with Gasteiger partial charge in [-0.15, -0.1) is 11.3 Å². The second-order valence-corrected chi connectivity index (χ2v) is 8.08. The van der Waals surface area contributed by atoms with Crippen LogP contribution < -0.4 is 5.32 Å². The fourth-order valence-corrected chi connectivity index (χ4v) is 4.12. The van der Waals surface area contributed by atoms with Crippen molar-refractivity contribution in [1.82, 2.24) is 14.8 Å². The molecule has 2 aromatic heterocycles. The van der Waals surface area contributed by atoms with Gasteiger partial charge in [-0.1, -0.05) is 42.5 Å². The molecule has 6 nitrogen and oxygen atoms in total. The van der Waals surface area contributed by atoms with E-state index in [1.165, 1.54) is 22.1 Å². The summed E-state index contributed by atoms with van der Waals surface area (Å²) >= 11 is 1.26. The van der Waals surface area contributed by atoms with E-state index < -0.39 is 17.8 Å². The van der Waals surface area contributed by atoms with Gasteiger partial charge in [0.1, 0.15) is 11.6 Å². The Bertz CT molecular complexity index is 1400. The average molecular weight is 444 g/mol. The number of phenols is 1. The molecule has 2 N–H and O–H groups in total. The number of anilines is 1. The fourth-order valence-electron chi connectivity index (χ4n) is 3.58. The topological polar surface area (TPSA) is 80.0 Å². The van der Waals surface area contributed by atoms with E-state index in [-0.39, 0.29) is 11.3 Å². The molecule has 0 aliphatic carbocycles. The quantitative estimate of drug-likeness (QED) is 0.389. The maximum absolute atomic E-state index is 14.0. The standard InChI is InChI=1S/C24H17FN4O2S/c25-18-8-9-21(30)19(13-18)22(23(31)27-24-26-10-11-32-24)29-14-17-7-6-16(12-20(17)28-29)15-4-2-1-3-5-15/h1-14,22,30H,(H,26,27,31). The number of hydrogen-bond donors (Lipinski definition) is 2. The van der Waals surface area contributed by atoms with E-state index in [9.17, 15) is 14.3 Å². The Hall–Kier alpha value is -4.04. The van der Waals surface area contributed by atoms with Crippen LogP contribution in [0.4, 0.5) is 9.52 Å². The summed E-state index contributed by atoms with van der Waals surface area (Å²) in [6.45, 7) is 0. The van der Waals surface area contributed by atoms with E-state index in [1.807, 2.05) is 48.5 Å². The molecule has 2 heterocycles. The number of aromatic hydroxyl groups is 1. The number of aromatic nitrogens is 3. The van der Waals surface area contributed by atoms with Crippen molar-refractivity contribution in [2.24, 2.45) is 0 Å². The van der Waals surface area contributed by atoms with Gasteiger partial charge >= 0.3 is 0 Å². The lowest BCUT2D eigenvalue weighted by Gasteiger charge is -2.18. The van der Waals surface area contributed by atoms with Gasteiger partial charge in [0.05, 0.1) is 5.52 Å². The number of carbonyl (C=O) groups excluding carboxylic acids is 1. The lowest BCUT2D eigenvalue weighted by atomic mass is 10.0. The summed E-state index contributed by atoms with van der Waals surface area (Å²) in [4.78, 5) is 17.3. The number of phenolic OH excluding ortho intramolecular Hbond substituents is 1. The minimum atomic E-state index is -1.10. The number of halogens is 1. The van der Waals surface area contributed by atoms with E-state index in [0.717, 1.165) is 28.6 Å². The number of nitrogens with one attached hydrogen (secondary N) is 1. The van der Waals surface area contributed by atoms with Gasteiger partial charge in [-0.25, -0.2) is 9.37 Å². The van der Waals surface area contributed by atoms with Crippen molar-refractivity contribution in [2.45, 2.75) is 6.04 Å². The van der Waals surface area contributed by atoms with Gasteiger partial charge < -0.3 is 5.11 Å². The van der Waals surface area contributed by atoms with Crippen LogP contribution in [0.1, 0.15) is 11.6 Å². The second kappa shape index (κ2) is 8.24. The van der Waals surface area contributed by atoms with Crippen LogP contribution in [0.2, 0.25) is 0 Å². The average Bonchev–Trinajstić information content (AvgIpc) is 3.46. The summed E-state index contributed by atoms with van der Waals surface area (Å²) in [7, 11) is 0. The highest BCUT2D eigenvalue weighted by Gasteiger charge is 2.28. The van der Waals surface area contributed by atoms with Crippen LogP contribution in [-0.4, -0.2) is 25.8 Å². The van der Waals surface area contributed by atoms with Crippen LogP contribution >= 0.6 is 11.3 Å². The summed E-state index contributed by atoms with van der Waals surface area (Å²) in [5.74, 6) is -1.25. The summed E-state index contributed by atoms with van der Waals surface area (Å²) < 4.78 is 15.5. The van der Waals surface area contributed by atoms with Gasteiger partial charge in [-0.2, -0.15) is 5.10 Å². The number of carbonyl (C=O) groups is 1. The van der Waals surface area contributed by atoms with Gasteiger partial charge in [-0.3, -0.25) is 14.8 Å². The molecule has 0 saturated carbocycles. The summed E-state index contributed by atoms with van der Waals surface area (Å²) in [5, 5.41) is 20.7. The maximum Gasteiger partial charge on any atom is 0.255 e. The molecule has 0 bridgehead atoms. The van der Waals surface area contributed by atoms with E-state index >= 15 is 0 Å². The molecule has 32 heavy (non-hydrogen) atoms. The van der Waals surface area contributed by atoms with Crippen molar-refractivity contribution in [3.63, 3.8) is 0 Å². The molecule has 0 aliphatic heterocycles. The molecule has 0 aliphatic rings. The van der Waals surface area contributed by atoms with Gasteiger partial charge in [0.25, 0.3) is 5.91 Å². The van der Waals surface area contributed by atoms with Crippen molar-refractivity contribution in [1.29, 1.82) is 0 Å². The van der Waals surface area contributed by atoms with E-state index in [4.69, 9.17) is 0 Å². The zero-order chi connectivity index (χ0) is 22.1. The highest BCUT2D eigenvalue weighted by atomic mass is 32.1. The van der Waals surface area contributed by atoms with Gasteiger partial charge in [0, 0.05) is 28.7 Å². The summed E-state index contributed by atoms with van der Waals surface area (Å²) in [6, 6.07) is 18.1. The normalized spacial score (nSPS) is 12.0. The molecule has 0 fully saturated rings. The third-order valence-electron chi connectivity index (χ3n) is 5.09. The van der Waals surface area contributed by atoms with E-state index in [2.05, 4.69) is 15.4 Å². The van der Waals surface area contributed by atoms with E-state index in [1.54, 1.807) is 17.8 Å². The molecule has 8 heteroatoms. The number of thiazole rings is 1. The van der Waals surface area contributed by atoms with Crippen molar-refractivity contribution >= 4 is 33.3 Å². The number of rotatable bonds is 5. The fraction of sp³-hybridized carbons (Fsp3) is 0.0417. The van der Waals surface area contributed by atoms with Crippen molar-refractivity contribution in [3.8, 4) is 16.9 Å². The van der Waals surface area contributed by atoms with Crippen LogP contribution in [0.3, 0.4) is 0 Å². The molecule has 0 spiro atoms. The van der Waals surface area contributed by atoms with E-state index in [0.29, 0.717) is 10.6 Å². The first kappa shape index (κ1) is 19.9. The summed E-state index contributed by atoms with van der Waals surface area (Å²) in [6.07, 6.45) is 3.28. The largest absolute Gasteiger partial charge is 0.508 e. The number of nitrogens with zero attached hydrogens (tertiary/aromatic N) is 3. The highest BCUT2D eigenvalue weighted by Crippen LogP contribution is 2.31. The molecule has 1 amide bonds. The first-order chi connectivity index (χ1) is 15.6. The Labute approximate surface area is 186 Å². The van der Waals surface area contributed by atoms with Crippen LogP contribution in [0.5, 0.6) is 5.75 Å². The van der Waals surface area contributed by atoms with Gasteiger partial charge in [0.15, 0.2) is 11.2 Å². The zero-order valence-electron chi connectivity index (χ0n) is 16.6. The molecule has 1 unspecified atom stereocenters. The molecule has 1 atom stereocenters. The molecule has 5 rings (SSSR count). The van der Waals surface area contributed by atoms with Crippen molar-refractivity contribution < 1.29 is 14.3 Å². The first-order valence-corrected chi connectivity index (χ1v) is 10.7. The SMILES string of the molecule is O=C(Nc1nccs1)C(c1cc(F)ccc1O)n1cc2ccc(-c3ccccc3)cc2n1. The van der Waals surface area contributed by atoms with Crippen molar-refractivity contribution in [2.75, 3.05) is 5.32 Å². The molecule has 0 saturated heterocycles. The Morgan fingerprint density at radius 3 is 2.69 bits per heavy atom. The van der Waals surface area contributed by atoms with Gasteiger partial charge in [-0.05, 0) is 35.4 Å². The number of fused-ring (bicyclic) bond motifs is 1. The predicted molar refractivity (Wildman–Crippen MR) is 122 cm³/mol. The molecule has 3 aromatic carbocycles. The maximum atomic E-state index is 14.0. The molecule has 158 valence electrons. The smallest absolute Gasteiger partial charge is 0.255 e. The lowest BCUT2D eigenvalue weighted by Crippen LogP contribution is -2.27. The molecule has 0 radical (unpaired) electrons. The monoisotopic (exact) mass is 444 g/mol. The third-order valence-corrected chi connectivity index (χ3v) is 5.78. The Morgan fingerprint density at radius 1 is 1.06 bits per heavy atom. The van der Waals surface area contributed by atoms with Crippen LogP contribution in [0.15, 0.2) is 84.5 Å². The minimum Gasteiger partial charge on any atom is -0.508 e. The highest BCUT2D eigenvalue weighted by molar-refractivity contribution is 7.13. The first-order valence-electron chi connectivity index (χ1n) is 9.81. The number of benzene rings is 3.